The molecule has 1 aromatic carbocycles. The SMILES string of the molecule is COc1ccc2cc(C=O)c(N)nc2c1. The fourth-order valence-electron chi connectivity index (χ4n) is 1.40. The van der Waals surface area contributed by atoms with E-state index in [-0.39, 0.29) is 5.82 Å². The topological polar surface area (TPSA) is 65.2 Å². The van der Waals surface area contributed by atoms with Gasteiger partial charge in [-0.15, -0.1) is 0 Å². The lowest BCUT2D eigenvalue weighted by atomic mass is 10.1. The first kappa shape index (κ1) is 9.45. The molecule has 76 valence electrons. The minimum Gasteiger partial charge on any atom is -0.497 e. The summed E-state index contributed by atoms with van der Waals surface area (Å²) in [5, 5.41) is 0.868. The van der Waals surface area contributed by atoms with Crippen LogP contribution in [0.1, 0.15) is 10.4 Å². The number of benzene rings is 1. The van der Waals surface area contributed by atoms with Crippen LogP contribution >= 0.6 is 0 Å². The van der Waals surface area contributed by atoms with Gasteiger partial charge < -0.3 is 10.5 Å². The maximum absolute atomic E-state index is 10.6. The number of aldehydes is 1. The summed E-state index contributed by atoms with van der Waals surface area (Å²) in [7, 11) is 1.59. The average Bonchev–Trinajstić information content (AvgIpc) is 2.27. The number of rotatable bonds is 2. The number of aromatic nitrogens is 1. The second-order valence-corrected chi connectivity index (χ2v) is 3.14. The van der Waals surface area contributed by atoms with E-state index in [9.17, 15) is 4.79 Å². The van der Waals surface area contributed by atoms with E-state index >= 15 is 0 Å². The van der Waals surface area contributed by atoms with Crippen LogP contribution in [0.4, 0.5) is 5.82 Å². The minimum absolute atomic E-state index is 0.241. The normalized spacial score (nSPS) is 10.2. The van der Waals surface area contributed by atoms with Gasteiger partial charge in [0.1, 0.15) is 11.6 Å². The van der Waals surface area contributed by atoms with Gasteiger partial charge in [0.15, 0.2) is 6.29 Å². The van der Waals surface area contributed by atoms with Crippen molar-refractivity contribution in [2.24, 2.45) is 0 Å². The van der Waals surface area contributed by atoms with E-state index in [2.05, 4.69) is 4.98 Å². The smallest absolute Gasteiger partial charge is 0.153 e. The predicted octanol–water partition coefficient (Wildman–Crippen LogP) is 1.64. The van der Waals surface area contributed by atoms with Gasteiger partial charge >= 0.3 is 0 Å². The van der Waals surface area contributed by atoms with Gasteiger partial charge in [-0.25, -0.2) is 4.98 Å². The molecule has 0 spiro atoms. The van der Waals surface area contributed by atoms with E-state index < -0.39 is 0 Å². The van der Waals surface area contributed by atoms with Crippen LogP contribution in [0.25, 0.3) is 10.9 Å². The molecule has 2 N–H and O–H groups in total. The van der Waals surface area contributed by atoms with Crippen molar-refractivity contribution in [1.82, 2.24) is 4.98 Å². The van der Waals surface area contributed by atoms with Gasteiger partial charge in [0.05, 0.1) is 18.2 Å². The summed E-state index contributed by atoms with van der Waals surface area (Å²) in [6.45, 7) is 0. The number of nitrogens with zero attached hydrogens (tertiary/aromatic N) is 1. The Hall–Kier alpha value is -2.10. The summed E-state index contributed by atoms with van der Waals surface area (Å²) >= 11 is 0. The highest BCUT2D eigenvalue weighted by atomic mass is 16.5. The summed E-state index contributed by atoms with van der Waals surface area (Å²) in [6.07, 6.45) is 0.700. The average molecular weight is 202 g/mol. The van der Waals surface area contributed by atoms with Crippen LogP contribution < -0.4 is 10.5 Å². The molecule has 0 saturated heterocycles. The number of methoxy groups -OCH3 is 1. The van der Waals surface area contributed by atoms with Crippen LogP contribution in [0.15, 0.2) is 24.3 Å². The lowest BCUT2D eigenvalue weighted by Crippen LogP contribution is -1.97. The summed E-state index contributed by atoms with van der Waals surface area (Å²) in [5.74, 6) is 0.957. The monoisotopic (exact) mass is 202 g/mol. The fourth-order valence-corrected chi connectivity index (χ4v) is 1.40. The molecule has 0 radical (unpaired) electrons. The molecule has 0 aliphatic carbocycles. The largest absolute Gasteiger partial charge is 0.497 e. The maximum Gasteiger partial charge on any atom is 0.153 e. The molecule has 0 unspecified atom stereocenters. The Bertz CT molecular complexity index is 523. The third-order valence-electron chi connectivity index (χ3n) is 2.21. The molecule has 1 heterocycles. The lowest BCUT2D eigenvalue weighted by molar-refractivity contribution is 0.112. The Balaban J connectivity index is 2.70. The van der Waals surface area contributed by atoms with Crippen molar-refractivity contribution in [1.29, 1.82) is 0 Å². The molecule has 0 aliphatic heterocycles. The molecule has 0 saturated carbocycles. The van der Waals surface area contributed by atoms with Crippen molar-refractivity contribution in [2.45, 2.75) is 0 Å². The number of nitrogens with two attached hydrogens (primary N) is 1. The Labute approximate surface area is 86.7 Å². The molecular formula is C11H10N2O2. The van der Waals surface area contributed by atoms with Gasteiger partial charge in [0.2, 0.25) is 0 Å². The number of carbonyl (C=O) groups excluding carboxylic acids is 1. The number of hydrogen-bond donors (Lipinski definition) is 1. The first-order valence-corrected chi connectivity index (χ1v) is 4.44. The second-order valence-electron chi connectivity index (χ2n) is 3.14. The molecule has 0 fully saturated rings. The number of pyridine rings is 1. The second kappa shape index (κ2) is 3.57. The Morgan fingerprint density at radius 1 is 1.40 bits per heavy atom. The number of nitrogen functional groups attached to an aromatic ring is 1. The number of ether oxygens (including phenoxy) is 1. The van der Waals surface area contributed by atoms with Gasteiger partial charge in [-0.1, -0.05) is 0 Å². The maximum atomic E-state index is 10.6. The molecule has 0 aliphatic rings. The van der Waals surface area contributed by atoms with E-state index in [0.717, 1.165) is 10.9 Å². The highest BCUT2D eigenvalue weighted by Gasteiger charge is 2.03. The van der Waals surface area contributed by atoms with Crippen LogP contribution in [-0.2, 0) is 0 Å². The molecule has 15 heavy (non-hydrogen) atoms. The van der Waals surface area contributed by atoms with E-state index in [0.29, 0.717) is 17.6 Å². The standard InChI is InChI=1S/C11H10N2O2/c1-15-9-3-2-7-4-8(6-14)11(12)13-10(7)5-9/h2-6H,1H3,(H2,12,13). The van der Waals surface area contributed by atoms with Crippen molar-refractivity contribution in [3.05, 3.63) is 29.8 Å². The molecule has 1 aromatic heterocycles. The Morgan fingerprint density at radius 2 is 2.20 bits per heavy atom. The first-order chi connectivity index (χ1) is 7.24. The summed E-state index contributed by atoms with van der Waals surface area (Å²) in [4.78, 5) is 14.8. The van der Waals surface area contributed by atoms with Crippen LogP contribution in [-0.4, -0.2) is 18.4 Å². The van der Waals surface area contributed by atoms with E-state index in [1.165, 1.54) is 0 Å². The fraction of sp³-hybridized carbons (Fsp3) is 0.0909. The van der Waals surface area contributed by atoms with Gasteiger partial charge in [0, 0.05) is 11.5 Å². The van der Waals surface area contributed by atoms with Crippen molar-refractivity contribution in [3.8, 4) is 5.75 Å². The minimum atomic E-state index is 0.241. The number of carbonyl (C=O) groups is 1. The van der Waals surface area contributed by atoms with Crippen molar-refractivity contribution in [3.63, 3.8) is 0 Å². The quantitative estimate of drug-likeness (QED) is 0.752. The molecule has 0 amide bonds. The molecule has 2 aromatic rings. The number of hydrogen-bond acceptors (Lipinski definition) is 4. The lowest BCUT2D eigenvalue weighted by Gasteiger charge is -2.04. The zero-order valence-corrected chi connectivity index (χ0v) is 8.23. The predicted molar refractivity (Wildman–Crippen MR) is 58.1 cm³/mol. The van der Waals surface area contributed by atoms with E-state index in [1.807, 2.05) is 12.1 Å². The van der Waals surface area contributed by atoms with Crippen LogP contribution in [0.2, 0.25) is 0 Å². The summed E-state index contributed by atoms with van der Waals surface area (Å²) < 4.78 is 5.07. The highest BCUT2D eigenvalue weighted by molar-refractivity contribution is 5.91. The van der Waals surface area contributed by atoms with Crippen molar-refractivity contribution >= 4 is 23.0 Å². The van der Waals surface area contributed by atoms with Crippen LogP contribution in [0, 0.1) is 0 Å². The van der Waals surface area contributed by atoms with Gasteiger partial charge in [-0.05, 0) is 18.2 Å². The zero-order valence-electron chi connectivity index (χ0n) is 8.23. The zero-order chi connectivity index (χ0) is 10.8. The third kappa shape index (κ3) is 1.61. The van der Waals surface area contributed by atoms with E-state index in [1.54, 1.807) is 19.2 Å². The molecule has 4 nitrogen and oxygen atoms in total. The van der Waals surface area contributed by atoms with Crippen molar-refractivity contribution < 1.29 is 9.53 Å². The molecular weight excluding hydrogens is 192 g/mol. The van der Waals surface area contributed by atoms with Gasteiger partial charge in [-0.3, -0.25) is 4.79 Å². The van der Waals surface area contributed by atoms with Crippen molar-refractivity contribution in [2.75, 3.05) is 12.8 Å². The molecule has 0 atom stereocenters. The van der Waals surface area contributed by atoms with Crippen LogP contribution in [0.3, 0.4) is 0 Å². The summed E-state index contributed by atoms with van der Waals surface area (Å²) in [6, 6.07) is 7.15. The van der Waals surface area contributed by atoms with Gasteiger partial charge in [-0.2, -0.15) is 0 Å². The first-order valence-electron chi connectivity index (χ1n) is 4.44. The Morgan fingerprint density at radius 3 is 2.87 bits per heavy atom. The molecule has 2 rings (SSSR count). The van der Waals surface area contributed by atoms with E-state index in [4.69, 9.17) is 10.5 Å². The van der Waals surface area contributed by atoms with Gasteiger partial charge in [0.25, 0.3) is 0 Å². The Kier molecular flexibility index (Phi) is 2.25. The number of anilines is 1. The van der Waals surface area contributed by atoms with Crippen LogP contribution in [0.5, 0.6) is 5.75 Å². The number of fused-ring (bicyclic) bond motifs is 1. The summed E-state index contributed by atoms with van der Waals surface area (Å²) in [5.41, 5.74) is 6.74. The third-order valence-corrected chi connectivity index (χ3v) is 2.21. The molecule has 0 bridgehead atoms. The highest BCUT2D eigenvalue weighted by Crippen LogP contribution is 2.21. The molecule has 4 heteroatoms.